The largest absolute Gasteiger partial charge is 0.416 e. The highest BCUT2D eigenvalue weighted by Crippen LogP contribution is 2.65. The summed E-state index contributed by atoms with van der Waals surface area (Å²) in [6.07, 6.45) is -1.79. The molecular formula is C13H13F4N. The molecule has 2 unspecified atom stereocenters. The molecule has 3 rings (SSSR count). The highest BCUT2D eigenvalue weighted by Gasteiger charge is 2.65. The molecule has 18 heavy (non-hydrogen) atoms. The number of benzene rings is 1. The van der Waals surface area contributed by atoms with Crippen molar-refractivity contribution in [3.63, 3.8) is 0 Å². The summed E-state index contributed by atoms with van der Waals surface area (Å²) in [5.41, 5.74) is 4.39. The first-order chi connectivity index (χ1) is 8.35. The lowest BCUT2D eigenvalue weighted by Crippen LogP contribution is -2.29. The van der Waals surface area contributed by atoms with Gasteiger partial charge in [-0.3, -0.25) is 0 Å². The van der Waals surface area contributed by atoms with Gasteiger partial charge in [0.25, 0.3) is 0 Å². The topological polar surface area (TPSA) is 26.0 Å². The highest BCUT2D eigenvalue weighted by atomic mass is 19.4. The SMILES string of the molecule is NC1(c2ccc(F)cc2C(F)(F)F)C2CCCC21. The third-order valence-corrected chi connectivity index (χ3v) is 4.39. The molecule has 0 saturated heterocycles. The molecule has 0 spiro atoms. The summed E-state index contributed by atoms with van der Waals surface area (Å²) in [5.74, 6) is -0.617. The number of halogens is 4. The Kier molecular flexibility index (Phi) is 2.31. The van der Waals surface area contributed by atoms with Crippen molar-refractivity contribution in [2.45, 2.75) is 31.0 Å². The van der Waals surface area contributed by atoms with Crippen LogP contribution < -0.4 is 5.73 Å². The summed E-state index contributed by atoms with van der Waals surface area (Å²) in [6.45, 7) is 0. The van der Waals surface area contributed by atoms with E-state index in [1.54, 1.807) is 0 Å². The van der Waals surface area contributed by atoms with Gasteiger partial charge >= 0.3 is 6.18 Å². The number of hydrogen-bond donors (Lipinski definition) is 1. The van der Waals surface area contributed by atoms with E-state index in [4.69, 9.17) is 5.73 Å². The Bertz CT molecular complexity index is 484. The van der Waals surface area contributed by atoms with E-state index in [1.807, 2.05) is 0 Å². The van der Waals surface area contributed by atoms with Gasteiger partial charge in [0.1, 0.15) is 5.82 Å². The van der Waals surface area contributed by atoms with Gasteiger partial charge in [-0.1, -0.05) is 12.5 Å². The molecule has 2 N–H and O–H groups in total. The number of fused-ring (bicyclic) bond motifs is 1. The highest BCUT2D eigenvalue weighted by molar-refractivity contribution is 5.43. The zero-order chi connectivity index (χ0) is 13.1. The van der Waals surface area contributed by atoms with Gasteiger partial charge in [0, 0.05) is 5.54 Å². The van der Waals surface area contributed by atoms with Gasteiger partial charge in [0.05, 0.1) is 5.56 Å². The summed E-state index contributed by atoms with van der Waals surface area (Å²) in [5, 5.41) is 0. The molecule has 0 bridgehead atoms. The van der Waals surface area contributed by atoms with E-state index in [-0.39, 0.29) is 17.4 Å². The Morgan fingerprint density at radius 2 is 1.78 bits per heavy atom. The third kappa shape index (κ3) is 1.49. The van der Waals surface area contributed by atoms with E-state index in [1.165, 1.54) is 6.07 Å². The van der Waals surface area contributed by atoms with Crippen LogP contribution in [-0.4, -0.2) is 0 Å². The summed E-state index contributed by atoms with van der Waals surface area (Å²) in [7, 11) is 0. The normalized spacial score (nSPS) is 34.5. The van der Waals surface area contributed by atoms with Crippen LogP contribution in [0.15, 0.2) is 18.2 Å². The van der Waals surface area contributed by atoms with Gasteiger partial charge in [-0.25, -0.2) is 4.39 Å². The Morgan fingerprint density at radius 3 is 2.33 bits per heavy atom. The van der Waals surface area contributed by atoms with Crippen LogP contribution in [-0.2, 0) is 11.7 Å². The molecular weight excluding hydrogens is 246 g/mol. The first-order valence-electron chi connectivity index (χ1n) is 6.01. The van der Waals surface area contributed by atoms with Crippen molar-refractivity contribution in [3.8, 4) is 0 Å². The van der Waals surface area contributed by atoms with Crippen LogP contribution >= 0.6 is 0 Å². The van der Waals surface area contributed by atoms with Crippen LogP contribution in [0.1, 0.15) is 30.4 Å². The fourth-order valence-electron chi connectivity index (χ4n) is 3.53. The van der Waals surface area contributed by atoms with E-state index in [0.29, 0.717) is 6.07 Å². The second-order valence-electron chi connectivity index (χ2n) is 5.26. The number of alkyl halides is 3. The Morgan fingerprint density at radius 1 is 1.17 bits per heavy atom. The lowest BCUT2D eigenvalue weighted by Gasteiger charge is -2.21. The smallest absolute Gasteiger partial charge is 0.321 e. The molecule has 2 aliphatic rings. The minimum atomic E-state index is -4.55. The minimum Gasteiger partial charge on any atom is -0.321 e. The zero-order valence-corrected chi connectivity index (χ0v) is 9.60. The molecule has 0 heterocycles. The van der Waals surface area contributed by atoms with Crippen LogP contribution in [0, 0.1) is 17.7 Å². The Hall–Kier alpha value is -1.10. The lowest BCUT2D eigenvalue weighted by molar-refractivity contribution is -0.138. The van der Waals surface area contributed by atoms with Crippen molar-refractivity contribution in [2.75, 3.05) is 0 Å². The average Bonchev–Trinajstić information content (AvgIpc) is 2.68. The van der Waals surface area contributed by atoms with Crippen molar-refractivity contribution in [1.82, 2.24) is 0 Å². The van der Waals surface area contributed by atoms with Gasteiger partial charge in [0.15, 0.2) is 0 Å². The maximum atomic E-state index is 13.0. The van der Waals surface area contributed by atoms with Gasteiger partial charge < -0.3 is 5.73 Å². The molecule has 0 aromatic heterocycles. The molecule has 1 nitrogen and oxygen atoms in total. The second-order valence-corrected chi connectivity index (χ2v) is 5.26. The fraction of sp³-hybridized carbons (Fsp3) is 0.538. The predicted octanol–water partition coefficient (Wildman–Crippen LogP) is 3.43. The third-order valence-electron chi connectivity index (χ3n) is 4.39. The molecule has 2 saturated carbocycles. The van der Waals surface area contributed by atoms with E-state index in [2.05, 4.69) is 0 Å². The predicted molar refractivity (Wildman–Crippen MR) is 58.1 cm³/mol. The summed E-state index contributed by atoms with van der Waals surface area (Å²) < 4.78 is 51.9. The maximum absolute atomic E-state index is 13.0. The van der Waals surface area contributed by atoms with Gasteiger partial charge in [-0.05, 0) is 42.4 Å². The van der Waals surface area contributed by atoms with E-state index < -0.39 is 23.1 Å². The molecule has 2 aliphatic carbocycles. The van der Waals surface area contributed by atoms with E-state index in [9.17, 15) is 17.6 Å². The molecule has 1 aromatic carbocycles. The number of nitrogens with two attached hydrogens (primary N) is 1. The standard InChI is InChI=1S/C13H13F4N/c14-7-4-5-10(11(6-7)13(15,16)17)12(18)8-2-1-3-9(8)12/h4-6,8-9H,1-3,18H2. The quantitative estimate of drug-likeness (QED) is 0.768. The molecule has 0 amide bonds. The van der Waals surface area contributed by atoms with Crippen LogP contribution in [0.4, 0.5) is 17.6 Å². The average molecular weight is 259 g/mol. The van der Waals surface area contributed by atoms with E-state index >= 15 is 0 Å². The number of hydrogen-bond acceptors (Lipinski definition) is 1. The number of rotatable bonds is 1. The summed E-state index contributed by atoms with van der Waals surface area (Å²) in [6, 6.07) is 2.82. The monoisotopic (exact) mass is 259 g/mol. The van der Waals surface area contributed by atoms with E-state index in [0.717, 1.165) is 25.3 Å². The van der Waals surface area contributed by atoms with Crippen molar-refractivity contribution in [2.24, 2.45) is 17.6 Å². The molecule has 2 fully saturated rings. The summed E-state index contributed by atoms with van der Waals surface area (Å²) in [4.78, 5) is 0. The molecule has 0 aliphatic heterocycles. The fourth-order valence-corrected chi connectivity index (χ4v) is 3.53. The summed E-state index contributed by atoms with van der Waals surface area (Å²) >= 11 is 0. The molecule has 98 valence electrons. The first kappa shape index (κ1) is 12.0. The van der Waals surface area contributed by atoms with Gasteiger partial charge in [-0.15, -0.1) is 0 Å². The van der Waals surface area contributed by atoms with Gasteiger partial charge in [-0.2, -0.15) is 13.2 Å². The molecule has 0 radical (unpaired) electrons. The second kappa shape index (κ2) is 3.47. The van der Waals surface area contributed by atoms with Crippen molar-refractivity contribution < 1.29 is 17.6 Å². The minimum absolute atomic E-state index is 0.0612. The van der Waals surface area contributed by atoms with Crippen LogP contribution in [0.25, 0.3) is 0 Å². The molecule has 1 aromatic rings. The van der Waals surface area contributed by atoms with Crippen LogP contribution in [0.5, 0.6) is 0 Å². The molecule has 5 heteroatoms. The van der Waals surface area contributed by atoms with Crippen molar-refractivity contribution in [1.29, 1.82) is 0 Å². The van der Waals surface area contributed by atoms with Gasteiger partial charge in [0.2, 0.25) is 0 Å². The Balaban J connectivity index is 2.08. The maximum Gasteiger partial charge on any atom is 0.416 e. The van der Waals surface area contributed by atoms with Crippen LogP contribution in [0.2, 0.25) is 0 Å². The first-order valence-corrected chi connectivity index (χ1v) is 6.01. The zero-order valence-electron chi connectivity index (χ0n) is 9.60. The molecule has 2 atom stereocenters. The van der Waals surface area contributed by atoms with Crippen LogP contribution in [0.3, 0.4) is 0 Å². The lowest BCUT2D eigenvalue weighted by atomic mass is 9.92. The van der Waals surface area contributed by atoms with Crippen molar-refractivity contribution >= 4 is 0 Å². The Labute approximate surface area is 102 Å². The van der Waals surface area contributed by atoms with Crippen molar-refractivity contribution in [3.05, 3.63) is 35.1 Å².